The van der Waals surface area contributed by atoms with Gasteiger partial charge in [0, 0.05) is 12.1 Å². The van der Waals surface area contributed by atoms with E-state index in [0.29, 0.717) is 11.7 Å². The van der Waals surface area contributed by atoms with Crippen LogP contribution in [0.4, 0.5) is 0 Å². The van der Waals surface area contributed by atoms with Gasteiger partial charge in [0.1, 0.15) is 16.5 Å². The predicted octanol–water partition coefficient (Wildman–Crippen LogP) is 2.88. The molecule has 0 bridgehead atoms. The third kappa shape index (κ3) is 2.32. The maximum atomic E-state index is 10.7. The van der Waals surface area contributed by atoms with Crippen molar-refractivity contribution in [1.29, 1.82) is 0 Å². The van der Waals surface area contributed by atoms with Crippen LogP contribution in [-0.2, 0) is 0 Å². The molecule has 0 spiro atoms. The first-order valence-electron chi connectivity index (χ1n) is 5.44. The van der Waals surface area contributed by atoms with E-state index in [1.165, 1.54) is 25.5 Å². The lowest BCUT2D eigenvalue weighted by molar-refractivity contribution is 0.0696. The van der Waals surface area contributed by atoms with Crippen molar-refractivity contribution in [2.24, 2.45) is 0 Å². The molecule has 0 radical (unpaired) electrons. The van der Waals surface area contributed by atoms with Gasteiger partial charge >= 0.3 is 5.97 Å². The van der Waals surface area contributed by atoms with Gasteiger partial charge in [-0.25, -0.2) is 14.8 Å². The molecule has 1 fully saturated rings. The topological polar surface area (TPSA) is 63.1 Å². The zero-order valence-corrected chi connectivity index (χ0v) is 9.57. The van der Waals surface area contributed by atoms with Crippen LogP contribution in [0.3, 0.4) is 0 Å². The summed E-state index contributed by atoms with van der Waals surface area (Å²) < 4.78 is 0. The van der Waals surface area contributed by atoms with Gasteiger partial charge in [0.2, 0.25) is 0 Å². The molecule has 1 aliphatic carbocycles. The Morgan fingerprint density at radius 1 is 1.38 bits per heavy atom. The number of halogens is 1. The summed E-state index contributed by atoms with van der Waals surface area (Å²) in [5.41, 5.74) is -0.0266. The van der Waals surface area contributed by atoms with E-state index < -0.39 is 5.97 Å². The Morgan fingerprint density at radius 2 is 2.06 bits per heavy atom. The number of aromatic nitrogens is 2. The van der Waals surface area contributed by atoms with Crippen LogP contribution in [0.15, 0.2) is 6.20 Å². The highest BCUT2D eigenvalue weighted by atomic mass is 35.5. The summed E-state index contributed by atoms with van der Waals surface area (Å²) in [6.45, 7) is 0. The van der Waals surface area contributed by atoms with Crippen molar-refractivity contribution >= 4 is 17.6 Å². The summed E-state index contributed by atoms with van der Waals surface area (Å²) >= 11 is 5.81. The van der Waals surface area contributed by atoms with Gasteiger partial charge in [0.15, 0.2) is 0 Å². The van der Waals surface area contributed by atoms with Crippen molar-refractivity contribution in [3.8, 4) is 0 Å². The van der Waals surface area contributed by atoms with Crippen molar-refractivity contribution in [3.05, 3.63) is 22.7 Å². The third-order valence-electron chi connectivity index (χ3n) is 2.96. The second kappa shape index (κ2) is 4.78. The van der Waals surface area contributed by atoms with Gasteiger partial charge in [-0.05, 0) is 12.8 Å². The molecular weight excluding hydrogens is 228 g/mol. The van der Waals surface area contributed by atoms with Crippen molar-refractivity contribution < 1.29 is 9.90 Å². The minimum absolute atomic E-state index is 0.0266. The highest BCUT2D eigenvalue weighted by Crippen LogP contribution is 2.31. The molecule has 1 saturated carbocycles. The lowest BCUT2D eigenvalue weighted by Crippen LogP contribution is -2.11. The van der Waals surface area contributed by atoms with E-state index in [4.69, 9.17) is 16.7 Å². The number of aromatic carboxylic acids is 1. The summed E-state index contributed by atoms with van der Waals surface area (Å²) in [6.07, 6.45) is 7.09. The monoisotopic (exact) mass is 240 g/mol. The summed E-state index contributed by atoms with van der Waals surface area (Å²) in [6, 6.07) is 0. The summed E-state index contributed by atoms with van der Waals surface area (Å²) in [5, 5.41) is 8.85. The third-order valence-corrected chi connectivity index (χ3v) is 3.25. The minimum Gasteiger partial charge on any atom is -0.478 e. The minimum atomic E-state index is -1.08. The fourth-order valence-corrected chi connectivity index (χ4v) is 2.29. The number of carboxylic acids is 1. The van der Waals surface area contributed by atoms with E-state index in [1.807, 2.05) is 0 Å². The fraction of sp³-hybridized carbons (Fsp3) is 0.545. The van der Waals surface area contributed by atoms with E-state index in [-0.39, 0.29) is 10.7 Å². The molecule has 0 unspecified atom stereocenters. The first kappa shape index (κ1) is 11.3. The quantitative estimate of drug-likeness (QED) is 0.808. The summed E-state index contributed by atoms with van der Waals surface area (Å²) in [4.78, 5) is 18.9. The predicted molar refractivity (Wildman–Crippen MR) is 59.8 cm³/mol. The lowest BCUT2D eigenvalue weighted by atomic mass is 9.89. The van der Waals surface area contributed by atoms with Crippen LogP contribution in [0.2, 0.25) is 5.15 Å². The first-order valence-corrected chi connectivity index (χ1v) is 5.82. The van der Waals surface area contributed by atoms with Crippen molar-refractivity contribution in [2.75, 3.05) is 0 Å². The molecule has 0 amide bonds. The largest absolute Gasteiger partial charge is 0.478 e. The average molecular weight is 241 g/mol. The fourth-order valence-electron chi connectivity index (χ4n) is 2.07. The average Bonchev–Trinajstić information content (AvgIpc) is 2.29. The maximum absolute atomic E-state index is 10.7. The molecule has 2 rings (SSSR count). The molecule has 1 aromatic heterocycles. The maximum Gasteiger partial charge on any atom is 0.340 e. The van der Waals surface area contributed by atoms with Gasteiger partial charge in [-0.1, -0.05) is 30.9 Å². The molecule has 5 heteroatoms. The van der Waals surface area contributed by atoms with Crippen LogP contribution in [0, 0.1) is 0 Å². The van der Waals surface area contributed by atoms with Crippen LogP contribution in [-0.4, -0.2) is 21.0 Å². The van der Waals surface area contributed by atoms with Crippen LogP contribution in [0.5, 0.6) is 0 Å². The Labute approximate surface area is 98.7 Å². The highest BCUT2D eigenvalue weighted by Gasteiger charge is 2.20. The van der Waals surface area contributed by atoms with E-state index in [1.54, 1.807) is 0 Å². The second-order valence-corrected chi connectivity index (χ2v) is 4.43. The van der Waals surface area contributed by atoms with Gasteiger partial charge in [-0.2, -0.15) is 0 Å². The van der Waals surface area contributed by atoms with Crippen LogP contribution < -0.4 is 0 Å². The Bertz CT molecular complexity index is 403. The van der Waals surface area contributed by atoms with Gasteiger partial charge in [0.25, 0.3) is 0 Å². The van der Waals surface area contributed by atoms with Crippen LogP contribution in [0.25, 0.3) is 0 Å². The standard InChI is InChI=1S/C11H13ClN2O2/c12-9-8(11(15)16)6-13-10(14-9)7-4-2-1-3-5-7/h6-7H,1-5H2,(H,15,16). The molecule has 0 saturated heterocycles. The SMILES string of the molecule is O=C(O)c1cnc(C2CCCCC2)nc1Cl. The molecule has 0 aromatic carbocycles. The Balaban J connectivity index is 2.23. The molecule has 1 aromatic rings. The van der Waals surface area contributed by atoms with Crippen molar-refractivity contribution in [2.45, 2.75) is 38.0 Å². The number of hydrogen-bond acceptors (Lipinski definition) is 3. The molecule has 4 nitrogen and oxygen atoms in total. The number of hydrogen-bond donors (Lipinski definition) is 1. The molecule has 86 valence electrons. The van der Waals surface area contributed by atoms with Gasteiger partial charge in [-0.15, -0.1) is 0 Å². The summed E-state index contributed by atoms with van der Waals surface area (Å²) in [5.74, 6) is -0.0519. The zero-order valence-electron chi connectivity index (χ0n) is 8.82. The molecule has 1 heterocycles. The van der Waals surface area contributed by atoms with E-state index in [9.17, 15) is 4.79 Å². The second-order valence-electron chi connectivity index (χ2n) is 4.07. The van der Waals surface area contributed by atoms with E-state index in [0.717, 1.165) is 12.8 Å². The van der Waals surface area contributed by atoms with Gasteiger partial charge < -0.3 is 5.11 Å². The highest BCUT2D eigenvalue weighted by molar-refractivity contribution is 6.32. The number of rotatable bonds is 2. The Morgan fingerprint density at radius 3 is 2.62 bits per heavy atom. The molecule has 0 aliphatic heterocycles. The summed E-state index contributed by atoms with van der Waals surface area (Å²) in [7, 11) is 0. The molecule has 16 heavy (non-hydrogen) atoms. The number of nitrogens with zero attached hydrogens (tertiary/aromatic N) is 2. The van der Waals surface area contributed by atoms with Crippen LogP contribution >= 0.6 is 11.6 Å². The lowest BCUT2D eigenvalue weighted by Gasteiger charge is -2.20. The normalized spacial score (nSPS) is 17.3. The van der Waals surface area contributed by atoms with Gasteiger partial charge in [-0.3, -0.25) is 0 Å². The number of carbonyl (C=O) groups is 1. The van der Waals surface area contributed by atoms with E-state index in [2.05, 4.69) is 9.97 Å². The van der Waals surface area contributed by atoms with Crippen LogP contribution in [0.1, 0.15) is 54.2 Å². The molecule has 1 N–H and O–H groups in total. The smallest absolute Gasteiger partial charge is 0.340 e. The molecule has 1 aliphatic rings. The zero-order chi connectivity index (χ0) is 11.5. The number of carboxylic acid groups (broad SMARTS) is 1. The Hall–Kier alpha value is -1.16. The Kier molecular flexibility index (Phi) is 3.39. The first-order chi connectivity index (χ1) is 7.68. The molecular formula is C11H13ClN2O2. The van der Waals surface area contributed by atoms with Crippen molar-refractivity contribution in [3.63, 3.8) is 0 Å². The molecule has 0 atom stereocenters. The van der Waals surface area contributed by atoms with Crippen molar-refractivity contribution in [1.82, 2.24) is 9.97 Å². The van der Waals surface area contributed by atoms with Gasteiger partial charge in [0.05, 0.1) is 0 Å². The van der Waals surface area contributed by atoms with E-state index >= 15 is 0 Å².